The van der Waals surface area contributed by atoms with E-state index in [-0.39, 0.29) is 23.4 Å². The number of nitrogens with two attached hydrogens (primary N) is 1. The molecule has 1 aromatic rings. The summed E-state index contributed by atoms with van der Waals surface area (Å²) in [7, 11) is 2.09. The average molecular weight is 265 g/mol. The monoisotopic (exact) mass is 265 g/mol. The Hall–Kier alpha value is -1.89. The molecule has 0 aliphatic carbocycles. The predicted molar refractivity (Wildman–Crippen MR) is 74.0 cm³/mol. The third kappa shape index (κ3) is 3.11. The summed E-state index contributed by atoms with van der Waals surface area (Å²) >= 11 is 0. The molecule has 0 radical (unpaired) electrons. The Morgan fingerprint density at radius 2 is 2.32 bits per heavy atom. The third-order valence-electron chi connectivity index (χ3n) is 3.64. The van der Waals surface area contributed by atoms with E-state index in [9.17, 15) is 10.1 Å². The molecule has 1 saturated heterocycles. The molecule has 3 N–H and O–H groups in total. The van der Waals surface area contributed by atoms with Gasteiger partial charge in [0.2, 0.25) is 5.82 Å². The van der Waals surface area contributed by atoms with Crippen molar-refractivity contribution in [3.63, 3.8) is 0 Å². The number of nitro groups is 1. The summed E-state index contributed by atoms with van der Waals surface area (Å²) in [5.41, 5.74) is 5.57. The molecular weight excluding hydrogens is 246 g/mol. The van der Waals surface area contributed by atoms with E-state index in [0.29, 0.717) is 6.04 Å². The first-order valence-electron chi connectivity index (χ1n) is 6.35. The first kappa shape index (κ1) is 13.5. The van der Waals surface area contributed by atoms with Crippen molar-refractivity contribution < 1.29 is 4.92 Å². The van der Waals surface area contributed by atoms with E-state index >= 15 is 0 Å². The molecular formula is C12H19N5O2. The van der Waals surface area contributed by atoms with Crippen LogP contribution in [0.3, 0.4) is 0 Å². The summed E-state index contributed by atoms with van der Waals surface area (Å²) in [5, 5.41) is 14.1. The molecule has 2 heterocycles. The van der Waals surface area contributed by atoms with Gasteiger partial charge in [-0.2, -0.15) is 0 Å². The van der Waals surface area contributed by atoms with Crippen LogP contribution >= 0.6 is 0 Å². The minimum atomic E-state index is -0.437. The number of anilines is 2. The lowest BCUT2D eigenvalue weighted by Gasteiger charge is -2.35. The summed E-state index contributed by atoms with van der Waals surface area (Å²) in [6.07, 6.45) is 1.87. The Bertz CT molecular complexity index is 479. The van der Waals surface area contributed by atoms with Gasteiger partial charge in [0.05, 0.1) is 4.92 Å². The maximum Gasteiger partial charge on any atom is 0.311 e. The van der Waals surface area contributed by atoms with Crippen molar-refractivity contribution in [1.29, 1.82) is 0 Å². The van der Waals surface area contributed by atoms with E-state index in [1.807, 2.05) is 0 Å². The van der Waals surface area contributed by atoms with Crippen molar-refractivity contribution >= 4 is 17.3 Å². The Labute approximate surface area is 112 Å². The molecule has 0 saturated carbocycles. The smallest absolute Gasteiger partial charge is 0.311 e. The van der Waals surface area contributed by atoms with Gasteiger partial charge in [-0.25, -0.2) is 4.98 Å². The lowest BCUT2D eigenvalue weighted by molar-refractivity contribution is -0.384. The lowest BCUT2D eigenvalue weighted by Crippen LogP contribution is -2.42. The molecule has 104 valence electrons. The number of nitrogen functional groups attached to an aromatic ring is 1. The zero-order valence-electron chi connectivity index (χ0n) is 11.2. The molecule has 2 unspecified atom stereocenters. The Balaban J connectivity index is 2.14. The minimum Gasteiger partial charge on any atom is -0.384 e. The molecule has 0 bridgehead atoms. The fraction of sp³-hybridized carbons (Fsp3) is 0.583. The van der Waals surface area contributed by atoms with Crippen molar-refractivity contribution in [3.8, 4) is 0 Å². The van der Waals surface area contributed by atoms with Gasteiger partial charge in [0.25, 0.3) is 0 Å². The molecule has 0 amide bonds. The summed E-state index contributed by atoms with van der Waals surface area (Å²) in [6.45, 7) is 3.12. The van der Waals surface area contributed by atoms with Crippen molar-refractivity contribution in [2.24, 2.45) is 0 Å². The van der Waals surface area contributed by atoms with E-state index < -0.39 is 4.92 Å². The molecule has 7 nitrogen and oxygen atoms in total. The van der Waals surface area contributed by atoms with Gasteiger partial charge in [-0.3, -0.25) is 10.1 Å². The van der Waals surface area contributed by atoms with Crippen LogP contribution in [0.5, 0.6) is 0 Å². The topological polar surface area (TPSA) is 97.3 Å². The highest BCUT2D eigenvalue weighted by Crippen LogP contribution is 2.26. The van der Waals surface area contributed by atoms with Crippen LogP contribution in [0.4, 0.5) is 17.3 Å². The highest BCUT2D eigenvalue weighted by atomic mass is 16.6. The molecule has 7 heteroatoms. The maximum absolute atomic E-state index is 11.0. The maximum atomic E-state index is 11.0. The largest absolute Gasteiger partial charge is 0.384 e. The quantitative estimate of drug-likeness (QED) is 0.634. The molecule has 1 aromatic heterocycles. The van der Waals surface area contributed by atoms with E-state index in [0.717, 1.165) is 19.4 Å². The van der Waals surface area contributed by atoms with Gasteiger partial charge in [0.15, 0.2) is 0 Å². The zero-order valence-corrected chi connectivity index (χ0v) is 11.2. The molecule has 19 heavy (non-hydrogen) atoms. The van der Waals surface area contributed by atoms with E-state index in [4.69, 9.17) is 5.73 Å². The number of hydrogen-bond donors (Lipinski definition) is 2. The lowest BCUT2D eigenvalue weighted by atomic mass is 9.99. The molecule has 2 rings (SSSR count). The second kappa shape index (κ2) is 5.40. The predicted octanol–water partition coefficient (Wildman–Crippen LogP) is 1.47. The number of nitrogens with one attached hydrogen (secondary N) is 1. The molecule has 0 spiro atoms. The van der Waals surface area contributed by atoms with Crippen molar-refractivity contribution in [1.82, 2.24) is 9.88 Å². The number of nitrogens with zero attached hydrogens (tertiary/aromatic N) is 3. The normalized spacial score (nSPS) is 24.1. The minimum absolute atomic E-state index is 0.0271. The fourth-order valence-electron chi connectivity index (χ4n) is 2.33. The van der Waals surface area contributed by atoms with Crippen LogP contribution < -0.4 is 11.1 Å². The van der Waals surface area contributed by atoms with Gasteiger partial charge in [-0.1, -0.05) is 0 Å². The molecule has 1 aliphatic rings. The van der Waals surface area contributed by atoms with E-state index in [1.165, 1.54) is 12.1 Å². The van der Waals surface area contributed by atoms with Crippen LogP contribution in [-0.2, 0) is 0 Å². The number of piperidine rings is 1. The number of pyridine rings is 1. The summed E-state index contributed by atoms with van der Waals surface area (Å²) in [5.74, 6) is 0.556. The van der Waals surface area contributed by atoms with Crippen molar-refractivity contribution in [2.75, 3.05) is 24.6 Å². The molecule has 1 aliphatic heterocycles. The van der Waals surface area contributed by atoms with Gasteiger partial charge < -0.3 is 16.0 Å². The standard InChI is InChI=1S/C12H19N5O2/c1-8-7-9(5-6-16(8)2)14-12-10(17(18)19)3-4-11(13)15-12/h3-4,8-9H,5-7H2,1-2H3,(H3,13,14,15). The molecule has 2 atom stereocenters. The summed E-state index contributed by atoms with van der Waals surface area (Å²) < 4.78 is 0. The molecule has 0 aromatic carbocycles. The van der Waals surface area contributed by atoms with Gasteiger partial charge in [0.1, 0.15) is 5.82 Å². The number of hydrogen-bond acceptors (Lipinski definition) is 6. The number of likely N-dealkylation sites (tertiary alicyclic amines) is 1. The van der Waals surface area contributed by atoms with Crippen LogP contribution in [-0.4, -0.2) is 40.5 Å². The van der Waals surface area contributed by atoms with Crippen LogP contribution in [0.15, 0.2) is 12.1 Å². The first-order chi connectivity index (χ1) is 8.97. The SMILES string of the molecule is CC1CC(Nc2nc(N)ccc2[N+](=O)[O-])CCN1C. The third-order valence-corrected chi connectivity index (χ3v) is 3.64. The molecule has 1 fully saturated rings. The van der Waals surface area contributed by atoms with Gasteiger partial charge in [0, 0.05) is 24.7 Å². The van der Waals surface area contributed by atoms with Crippen molar-refractivity contribution in [3.05, 3.63) is 22.2 Å². The van der Waals surface area contributed by atoms with Crippen LogP contribution in [0.1, 0.15) is 19.8 Å². The first-order valence-corrected chi connectivity index (χ1v) is 6.35. The second-order valence-corrected chi connectivity index (χ2v) is 5.06. The fourth-order valence-corrected chi connectivity index (χ4v) is 2.33. The van der Waals surface area contributed by atoms with E-state index in [1.54, 1.807) is 0 Å². The number of rotatable bonds is 3. The highest BCUT2D eigenvalue weighted by molar-refractivity contribution is 5.59. The Morgan fingerprint density at radius 1 is 1.58 bits per heavy atom. The second-order valence-electron chi connectivity index (χ2n) is 5.06. The van der Waals surface area contributed by atoms with Crippen molar-refractivity contribution in [2.45, 2.75) is 31.8 Å². The average Bonchev–Trinajstić information content (AvgIpc) is 2.33. The van der Waals surface area contributed by atoms with Crippen LogP contribution in [0.25, 0.3) is 0 Å². The highest BCUT2D eigenvalue weighted by Gasteiger charge is 2.25. The Kier molecular flexibility index (Phi) is 3.84. The Morgan fingerprint density at radius 3 is 2.95 bits per heavy atom. The van der Waals surface area contributed by atoms with E-state index in [2.05, 4.69) is 29.2 Å². The summed E-state index contributed by atoms with van der Waals surface area (Å²) in [4.78, 5) is 16.9. The van der Waals surface area contributed by atoms with Crippen LogP contribution in [0, 0.1) is 10.1 Å². The number of aromatic nitrogens is 1. The van der Waals surface area contributed by atoms with Gasteiger partial charge in [-0.15, -0.1) is 0 Å². The van der Waals surface area contributed by atoms with Crippen LogP contribution in [0.2, 0.25) is 0 Å². The van der Waals surface area contributed by atoms with Gasteiger partial charge >= 0.3 is 5.69 Å². The summed E-state index contributed by atoms with van der Waals surface area (Å²) in [6, 6.07) is 3.48. The van der Waals surface area contributed by atoms with Gasteiger partial charge in [-0.05, 0) is 32.9 Å². The zero-order chi connectivity index (χ0) is 14.0.